The Labute approximate surface area is 117 Å². The van der Waals surface area contributed by atoms with Crippen molar-refractivity contribution in [3.63, 3.8) is 0 Å². The minimum Gasteiger partial charge on any atom is -1.00 e. The van der Waals surface area contributed by atoms with Crippen molar-refractivity contribution in [1.82, 2.24) is 0 Å². The van der Waals surface area contributed by atoms with E-state index in [9.17, 15) is 22.0 Å². The summed E-state index contributed by atoms with van der Waals surface area (Å²) in [5.41, 5.74) is 0. The van der Waals surface area contributed by atoms with E-state index in [2.05, 4.69) is 0 Å². The van der Waals surface area contributed by atoms with E-state index in [-0.39, 0.29) is 86.1 Å². The van der Waals surface area contributed by atoms with Gasteiger partial charge in [-0.2, -0.15) is 22.0 Å². The second-order valence-corrected chi connectivity index (χ2v) is 2.35. The van der Waals surface area contributed by atoms with Crippen LogP contribution in [0.1, 0.15) is 1.43 Å². The molecule has 0 rings (SSSR count). The molecule has 0 N–H and O–H groups in total. The summed E-state index contributed by atoms with van der Waals surface area (Å²) in [7, 11) is 0. The third-order valence-electron chi connectivity index (χ3n) is 0.321. The van der Waals surface area contributed by atoms with E-state index < -0.39 is 10.1 Å². The molecule has 0 aromatic carbocycles. The summed E-state index contributed by atoms with van der Waals surface area (Å²) < 4.78 is 50.0. The van der Waals surface area contributed by atoms with Crippen LogP contribution in [0.3, 0.4) is 0 Å². The molecule has 9 heteroatoms. The first-order valence-electron chi connectivity index (χ1n) is 1.38. The molecular formula is C3H5BrF5ILi2. The van der Waals surface area contributed by atoms with Crippen molar-refractivity contribution in [3.8, 4) is 0 Å². The molecule has 0 saturated carbocycles. The van der Waals surface area contributed by atoms with Gasteiger partial charge in [0.05, 0.1) is 0 Å². The Morgan fingerprint density at radius 3 is 1.00 bits per heavy atom. The van der Waals surface area contributed by atoms with Gasteiger partial charge >= 0.3 is 47.8 Å². The Bertz CT molecular complexity index is 84.8. The van der Waals surface area contributed by atoms with E-state index in [4.69, 9.17) is 0 Å². The number of rotatable bonds is 0. The quantitative estimate of drug-likeness (QED) is 0.151. The molecule has 0 aliphatic carbocycles. The van der Waals surface area contributed by atoms with Crippen LogP contribution < -0.4 is 37.7 Å². The third kappa shape index (κ3) is 12.1. The Kier molecular flexibility index (Phi) is 23.4. The monoisotopic (exact) mass is 356 g/mol. The molecule has 0 radical (unpaired) electrons. The number of halogens is 7. The second kappa shape index (κ2) is 9.60. The zero-order chi connectivity index (χ0) is 7.00. The van der Waals surface area contributed by atoms with E-state index >= 15 is 0 Å². The zero-order valence-electron chi connectivity index (χ0n) is 7.68. The summed E-state index contributed by atoms with van der Waals surface area (Å²) in [4.78, 5) is 0. The molecule has 0 atom stereocenters. The molecule has 0 spiro atoms. The maximum atomic E-state index is 11.1. The molecule has 0 unspecified atom stereocenters. The molecule has 0 aromatic rings. The SMILES string of the molecule is Br.FC(F)(F)C(F)(F)I.[CH3-].[H-].[Li+].[Li+]. The van der Waals surface area contributed by atoms with E-state index in [1.807, 2.05) is 0 Å². The largest absolute Gasteiger partial charge is 1.00 e. The molecule has 0 saturated heterocycles. The van der Waals surface area contributed by atoms with E-state index in [0.29, 0.717) is 0 Å². The number of hydrogen-bond acceptors (Lipinski definition) is 0. The van der Waals surface area contributed by atoms with Crippen LogP contribution in [0.5, 0.6) is 0 Å². The van der Waals surface area contributed by atoms with Gasteiger partial charge in [-0.05, 0) is 0 Å². The maximum absolute atomic E-state index is 11.1. The van der Waals surface area contributed by atoms with Gasteiger partial charge in [-0.25, -0.2) is 0 Å². The molecule has 68 valence electrons. The second-order valence-electron chi connectivity index (χ2n) is 0.996. The molecule has 0 heterocycles. The molecule has 0 amide bonds. The average molecular weight is 357 g/mol. The maximum Gasteiger partial charge on any atom is 1.00 e. The van der Waals surface area contributed by atoms with Gasteiger partial charge in [-0.15, -0.1) is 17.0 Å². The van der Waals surface area contributed by atoms with Gasteiger partial charge in [0.15, 0.2) is 0 Å². The van der Waals surface area contributed by atoms with Crippen molar-refractivity contribution in [1.29, 1.82) is 0 Å². The fourth-order valence-corrected chi connectivity index (χ4v) is 0. The minimum absolute atomic E-state index is 0. The van der Waals surface area contributed by atoms with Crippen molar-refractivity contribution in [2.24, 2.45) is 0 Å². The van der Waals surface area contributed by atoms with Crippen molar-refractivity contribution in [3.05, 3.63) is 7.43 Å². The van der Waals surface area contributed by atoms with Crippen LogP contribution in [0.4, 0.5) is 22.0 Å². The Morgan fingerprint density at radius 2 is 1.00 bits per heavy atom. The average Bonchev–Trinajstić information content (AvgIpc) is 1.25. The molecule has 0 aromatic heterocycles. The molecule has 0 nitrogen and oxygen atoms in total. The van der Waals surface area contributed by atoms with Crippen molar-refractivity contribution < 1.29 is 61.1 Å². The van der Waals surface area contributed by atoms with Crippen molar-refractivity contribution in [2.45, 2.75) is 10.1 Å². The zero-order valence-corrected chi connectivity index (χ0v) is 10.5. The van der Waals surface area contributed by atoms with Crippen LogP contribution in [0.25, 0.3) is 0 Å². The standard InChI is InChI=1S/C2F5I.CH3.BrH.2Li.H/c3-1(4,5)2(6,7)8;;;;;/h;1H3;1H;;;/q;-1;;2*+1;-1. The molecule has 0 aliphatic rings. The van der Waals surface area contributed by atoms with Crippen molar-refractivity contribution in [2.75, 3.05) is 0 Å². The Morgan fingerprint density at radius 1 is 0.917 bits per heavy atom. The topological polar surface area (TPSA) is 0 Å². The van der Waals surface area contributed by atoms with Crippen molar-refractivity contribution >= 4 is 39.6 Å². The molecule has 12 heavy (non-hydrogen) atoms. The molecule has 0 fully saturated rings. The first-order chi connectivity index (χ1) is 3.25. The number of alkyl halides is 6. The van der Waals surface area contributed by atoms with Gasteiger partial charge in [-0.1, -0.05) is 0 Å². The van der Waals surface area contributed by atoms with E-state index in [0.717, 1.165) is 0 Å². The van der Waals surface area contributed by atoms with Gasteiger partial charge in [0.1, 0.15) is 0 Å². The fraction of sp³-hybridized carbons (Fsp3) is 0.667. The molecule has 0 bridgehead atoms. The Balaban J connectivity index is -0.0000000245. The minimum atomic E-state index is -5.41. The Hall–Kier alpha value is 2.05. The van der Waals surface area contributed by atoms with Gasteiger partial charge in [0.25, 0.3) is 0 Å². The molecular weight excluding hydrogens is 352 g/mol. The summed E-state index contributed by atoms with van der Waals surface area (Å²) in [6.45, 7) is 0. The van der Waals surface area contributed by atoms with E-state index in [1.165, 1.54) is 0 Å². The van der Waals surface area contributed by atoms with Gasteiger partial charge in [-0.3, -0.25) is 0 Å². The fourth-order valence-electron chi connectivity index (χ4n) is 0. The predicted molar refractivity (Wildman–Crippen MR) is 42.9 cm³/mol. The summed E-state index contributed by atoms with van der Waals surface area (Å²) in [6.07, 6.45) is -5.41. The third-order valence-corrected chi connectivity index (χ3v) is 0.933. The summed E-state index contributed by atoms with van der Waals surface area (Å²) in [5.74, 6) is 0. The first-order valence-corrected chi connectivity index (χ1v) is 2.46. The van der Waals surface area contributed by atoms with Crippen LogP contribution in [-0.4, -0.2) is 10.1 Å². The van der Waals surface area contributed by atoms with Crippen LogP contribution in [0.15, 0.2) is 0 Å². The summed E-state index contributed by atoms with van der Waals surface area (Å²) in [6, 6.07) is 0. The van der Waals surface area contributed by atoms with Crippen LogP contribution >= 0.6 is 39.6 Å². The normalized spacial score (nSPS) is 9.50. The summed E-state index contributed by atoms with van der Waals surface area (Å²) in [5, 5.41) is 0. The van der Waals surface area contributed by atoms with Gasteiger partial charge in [0.2, 0.25) is 0 Å². The van der Waals surface area contributed by atoms with Crippen LogP contribution in [-0.2, 0) is 0 Å². The van der Waals surface area contributed by atoms with Gasteiger partial charge < -0.3 is 8.85 Å². The predicted octanol–water partition coefficient (Wildman–Crippen LogP) is -2.27. The van der Waals surface area contributed by atoms with Crippen LogP contribution in [0.2, 0.25) is 0 Å². The van der Waals surface area contributed by atoms with Crippen LogP contribution in [0, 0.1) is 7.43 Å². The van der Waals surface area contributed by atoms with Gasteiger partial charge in [0, 0.05) is 22.6 Å². The number of hydrogen-bond donors (Lipinski definition) is 0. The molecule has 0 aliphatic heterocycles. The summed E-state index contributed by atoms with van der Waals surface area (Å²) >= 11 is 0.0250. The van der Waals surface area contributed by atoms with E-state index in [1.54, 1.807) is 0 Å². The first kappa shape index (κ1) is 29.2. The smallest absolute Gasteiger partial charge is 1.00 e.